The molecule has 2 rings (SSSR count). The molecular formula is C18H21NO3. The van der Waals surface area contributed by atoms with Gasteiger partial charge >= 0.3 is 5.97 Å². The number of carbonyl (C=O) groups excluding carboxylic acids is 1. The van der Waals surface area contributed by atoms with Crippen LogP contribution in [0.15, 0.2) is 42.5 Å². The van der Waals surface area contributed by atoms with Gasteiger partial charge in [0.2, 0.25) is 0 Å². The highest BCUT2D eigenvalue weighted by atomic mass is 16.4. The van der Waals surface area contributed by atoms with Crippen LogP contribution in [0, 0.1) is 5.41 Å². The lowest BCUT2D eigenvalue weighted by Gasteiger charge is -2.24. The molecule has 0 aliphatic carbocycles. The maximum atomic E-state index is 12.5. The lowest BCUT2D eigenvalue weighted by Crippen LogP contribution is -2.43. The van der Waals surface area contributed by atoms with E-state index in [-0.39, 0.29) is 11.3 Å². The van der Waals surface area contributed by atoms with Gasteiger partial charge in [-0.2, -0.15) is 0 Å². The van der Waals surface area contributed by atoms with E-state index in [4.69, 9.17) is 0 Å². The minimum Gasteiger partial charge on any atom is -0.480 e. The smallest absolute Gasteiger partial charge is 0.326 e. The molecule has 0 unspecified atom stereocenters. The van der Waals surface area contributed by atoms with Crippen LogP contribution in [0.4, 0.5) is 0 Å². The molecule has 116 valence electrons. The summed E-state index contributed by atoms with van der Waals surface area (Å²) in [6, 6.07) is 12.1. The molecule has 0 aromatic heterocycles. The fourth-order valence-corrected chi connectivity index (χ4v) is 2.47. The minimum absolute atomic E-state index is 0.185. The summed E-state index contributed by atoms with van der Waals surface area (Å²) < 4.78 is 0. The molecule has 1 amide bonds. The Morgan fingerprint density at radius 3 is 2.36 bits per heavy atom. The van der Waals surface area contributed by atoms with E-state index in [2.05, 4.69) is 5.32 Å². The lowest BCUT2D eigenvalue weighted by molar-refractivity contribution is -0.140. The molecule has 0 fully saturated rings. The van der Waals surface area contributed by atoms with Crippen LogP contribution in [-0.2, 0) is 4.79 Å². The molecule has 4 heteroatoms. The zero-order valence-corrected chi connectivity index (χ0v) is 13.1. The van der Waals surface area contributed by atoms with Gasteiger partial charge in [-0.3, -0.25) is 4.79 Å². The van der Waals surface area contributed by atoms with Crippen molar-refractivity contribution in [1.82, 2.24) is 5.32 Å². The number of aliphatic carboxylic acids is 1. The zero-order valence-electron chi connectivity index (χ0n) is 13.1. The Morgan fingerprint density at radius 1 is 1.09 bits per heavy atom. The molecule has 0 radical (unpaired) electrons. The van der Waals surface area contributed by atoms with Crippen LogP contribution in [0.2, 0.25) is 0 Å². The van der Waals surface area contributed by atoms with E-state index >= 15 is 0 Å². The Hall–Kier alpha value is -2.36. The van der Waals surface area contributed by atoms with Gasteiger partial charge in [0.15, 0.2) is 0 Å². The number of carbonyl (C=O) groups is 2. The third kappa shape index (κ3) is 3.85. The van der Waals surface area contributed by atoms with Gasteiger partial charge in [0, 0.05) is 5.56 Å². The van der Waals surface area contributed by atoms with Gasteiger partial charge in [-0.25, -0.2) is 4.79 Å². The average Bonchev–Trinajstić information content (AvgIpc) is 2.44. The first kappa shape index (κ1) is 16.0. The Morgan fingerprint density at radius 2 is 1.73 bits per heavy atom. The number of carboxylic acid groups (broad SMARTS) is 1. The zero-order chi connectivity index (χ0) is 16.3. The van der Waals surface area contributed by atoms with Crippen molar-refractivity contribution in [3.05, 3.63) is 48.0 Å². The van der Waals surface area contributed by atoms with E-state index in [1.165, 1.54) is 0 Å². The van der Waals surface area contributed by atoms with Crippen LogP contribution < -0.4 is 5.32 Å². The normalized spacial score (nSPS) is 12.9. The monoisotopic (exact) mass is 299 g/mol. The molecule has 0 aliphatic heterocycles. The summed E-state index contributed by atoms with van der Waals surface area (Å²) in [5, 5.41) is 13.8. The highest BCUT2D eigenvalue weighted by molar-refractivity contribution is 6.07. The van der Waals surface area contributed by atoms with Crippen molar-refractivity contribution in [2.45, 2.75) is 33.2 Å². The number of benzene rings is 2. The number of carboxylic acids is 1. The summed E-state index contributed by atoms with van der Waals surface area (Å²) >= 11 is 0. The van der Waals surface area contributed by atoms with Crippen LogP contribution >= 0.6 is 0 Å². The van der Waals surface area contributed by atoms with Crippen molar-refractivity contribution in [2.24, 2.45) is 5.41 Å². The SMILES string of the molecule is CC(C)(C)C[C@H](NC(=O)c1cccc2ccccc12)C(=O)O. The number of rotatable bonds is 4. The van der Waals surface area contributed by atoms with Crippen LogP contribution in [0.1, 0.15) is 37.6 Å². The van der Waals surface area contributed by atoms with Gasteiger partial charge in [-0.05, 0) is 28.7 Å². The second-order valence-corrected chi connectivity index (χ2v) is 6.66. The molecule has 0 saturated heterocycles. The first-order valence-corrected chi connectivity index (χ1v) is 7.29. The average molecular weight is 299 g/mol. The molecule has 1 atom stereocenters. The molecule has 0 bridgehead atoms. The number of nitrogens with one attached hydrogen (secondary N) is 1. The lowest BCUT2D eigenvalue weighted by atomic mass is 9.88. The summed E-state index contributed by atoms with van der Waals surface area (Å²) in [4.78, 5) is 23.9. The van der Waals surface area contributed by atoms with Crippen LogP contribution in [-0.4, -0.2) is 23.0 Å². The maximum Gasteiger partial charge on any atom is 0.326 e. The second kappa shape index (κ2) is 6.18. The number of hydrogen-bond acceptors (Lipinski definition) is 2. The van der Waals surface area contributed by atoms with Gasteiger partial charge < -0.3 is 10.4 Å². The highest BCUT2D eigenvalue weighted by Crippen LogP contribution is 2.22. The van der Waals surface area contributed by atoms with E-state index in [9.17, 15) is 14.7 Å². The van der Waals surface area contributed by atoms with Crippen molar-refractivity contribution in [1.29, 1.82) is 0 Å². The standard InChI is InChI=1S/C18H21NO3/c1-18(2,3)11-15(17(21)22)19-16(20)14-10-6-8-12-7-4-5-9-13(12)14/h4-10,15H,11H2,1-3H3,(H,19,20)(H,21,22)/t15-/m0/s1. The number of hydrogen-bond donors (Lipinski definition) is 2. The molecule has 0 aliphatic rings. The Kier molecular flexibility index (Phi) is 4.50. The molecule has 2 aromatic rings. The Balaban J connectivity index is 2.28. The number of amides is 1. The first-order chi connectivity index (χ1) is 10.3. The molecule has 22 heavy (non-hydrogen) atoms. The summed E-state index contributed by atoms with van der Waals surface area (Å²) in [7, 11) is 0. The number of fused-ring (bicyclic) bond motifs is 1. The van der Waals surface area contributed by atoms with Crippen molar-refractivity contribution in [3.8, 4) is 0 Å². The van der Waals surface area contributed by atoms with E-state index in [0.29, 0.717) is 12.0 Å². The van der Waals surface area contributed by atoms with Crippen molar-refractivity contribution >= 4 is 22.6 Å². The molecule has 0 heterocycles. The topological polar surface area (TPSA) is 66.4 Å². The minimum atomic E-state index is -1.01. The van der Waals surface area contributed by atoms with E-state index in [1.54, 1.807) is 12.1 Å². The Labute approximate surface area is 130 Å². The highest BCUT2D eigenvalue weighted by Gasteiger charge is 2.26. The Bertz CT molecular complexity index is 696. The molecule has 2 N–H and O–H groups in total. The maximum absolute atomic E-state index is 12.5. The summed E-state index contributed by atoms with van der Waals surface area (Å²) in [5.74, 6) is -1.36. The van der Waals surface area contributed by atoms with Gasteiger partial charge in [-0.1, -0.05) is 57.2 Å². The third-order valence-electron chi connectivity index (χ3n) is 3.45. The molecule has 0 saturated carbocycles. The predicted molar refractivity (Wildman–Crippen MR) is 86.9 cm³/mol. The van der Waals surface area contributed by atoms with Gasteiger partial charge in [0.1, 0.15) is 6.04 Å². The van der Waals surface area contributed by atoms with Crippen LogP contribution in [0.5, 0.6) is 0 Å². The molecule has 2 aromatic carbocycles. The molecule has 4 nitrogen and oxygen atoms in total. The fourth-order valence-electron chi connectivity index (χ4n) is 2.47. The van der Waals surface area contributed by atoms with Gasteiger partial charge in [0.25, 0.3) is 5.91 Å². The molecular weight excluding hydrogens is 278 g/mol. The van der Waals surface area contributed by atoms with Crippen molar-refractivity contribution in [3.63, 3.8) is 0 Å². The molecule has 0 spiro atoms. The largest absolute Gasteiger partial charge is 0.480 e. The summed E-state index contributed by atoms with van der Waals surface area (Å²) in [5.41, 5.74) is 0.313. The van der Waals surface area contributed by atoms with Gasteiger partial charge in [0.05, 0.1) is 0 Å². The second-order valence-electron chi connectivity index (χ2n) is 6.66. The van der Waals surface area contributed by atoms with E-state index < -0.39 is 12.0 Å². The van der Waals surface area contributed by atoms with Gasteiger partial charge in [-0.15, -0.1) is 0 Å². The third-order valence-corrected chi connectivity index (χ3v) is 3.45. The van der Waals surface area contributed by atoms with Crippen molar-refractivity contribution in [2.75, 3.05) is 0 Å². The van der Waals surface area contributed by atoms with Crippen molar-refractivity contribution < 1.29 is 14.7 Å². The quantitative estimate of drug-likeness (QED) is 0.908. The fraction of sp³-hybridized carbons (Fsp3) is 0.333. The van der Waals surface area contributed by atoms with E-state index in [1.807, 2.05) is 51.1 Å². The predicted octanol–water partition coefficient (Wildman–Crippen LogP) is 3.46. The van der Waals surface area contributed by atoms with E-state index in [0.717, 1.165) is 10.8 Å². The first-order valence-electron chi connectivity index (χ1n) is 7.29. The summed E-state index contributed by atoms with van der Waals surface area (Å²) in [6.07, 6.45) is 0.374. The van der Waals surface area contributed by atoms with Crippen LogP contribution in [0.25, 0.3) is 10.8 Å². The summed E-state index contributed by atoms with van der Waals surface area (Å²) in [6.45, 7) is 5.85. The van der Waals surface area contributed by atoms with Crippen LogP contribution in [0.3, 0.4) is 0 Å².